The van der Waals surface area contributed by atoms with Crippen LogP contribution in [-0.4, -0.2) is 14.5 Å². The van der Waals surface area contributed by atoms with Crippen LogP contribution >= 0.6 is 0 Å². The van der Waals surface area contributed by atoms with Gasteiger partial charge in [-0.2, -0.15) is 0 Å². The summed E-state index contributed by atoms with van der Waals surface area (Å²) in [5.74, 6) is 0. The lowest BCUT2D eigenvalue weighted by molar-refractivity contribution is 0.462. The smallest absolute Gasteiger partial charge is 0.238 e. The fourth-order valence-electron chi connectivity index (χ4n) is 2.61. The van der Waals surface area contributed by atoms with Crippen molar-refractivity contribution in [3.05, 3.63) is 23.3 Å². The number of sulfonamides is 1. The number of primary sulfonamides is 1. The quantitative estimate of drug-likeness (QED) is 0.895. The molecule has 1 aliphatic rings. The van der Waals surface area contributed by atoms with Gasteiger partial charge in [0.15, 0.2) is 0 Å². The second-order valence-electron chi connectivity index (χ2n) is 5.44. The molecule has 1 aliphatic carbocycles. The second-order valence-corrected chi connectivity index (χ2v) is 7.00. The van der Waals surface area contributed by atoms with Gasteiger partial charge in [0, 0.05) is 11.7 Å². The molecular weight excluding hydrogens is 260 g/mol. The summed E-state index contributed by atoms with van der Waals surface area (Å²) in [4.78, 5) is 0.189. The van der Waals surface area contributed by atoms with Crippen LogP contribution in [0.5, 0.6) is 0 Å². The normalized spacial score (nSPS) is 17.4. The van der Waals surface area contributed by atoms with E-state index in [1.807, 2.05) is 13.8 Å². The number of hydrogen-bond acceptors (Lipinski definition) is 3. The highest BCUT2D eigenvalue weighted by Crippen LogP contribution is 2.27. The third kappa shape index (κ3) is 3.48. The van der Waals surface area contributed by atoms with Crippen LogP contribution < -0.4 is 10.5 Å². The van der Waals surface area contributed by atoms with Gasteiger partial charge in [-0.05, 0) is 49.9 Å². The Morgan fingerprint density at radius 3 is 2.37 bits per heavy atom. The zero-order chi connectivity index (χ0) is 14.0. The van der Waals surface area contributed by atoms with Crippen LogP contribution in [0.3, 0.4) is 0 Å². The third-order valence-electron chi connectivity index (χ3n) is 3.93. The maximum absolute atomic E-state index is 11.5. The molecule has 106 valence electrons. The Morgan fingerprint density at radius 1 is 1.16 bits per heavy atom. The van der Waals surface area contributed by atoms with Crippen molar-refractivity contribution in [2.24, 2.45) is 5.14 Å². The Kier molecular flexibility index (Phi) is 4.16. The van der Waals surface area contributed by atoms with E-state index in [1.54, 1.807) is 12.1 Å². The number of rotatable bonds is 3. The molecule has 5 heteroatoms. The van der Waals surface area contributed by atoms with Gasteiger partial charge in [0.2, 0.25) is 10.0 Å². The molecule has 0 amide bonds. The van der Waals surface area contributed by atoms with Crippen molar-refractivity contribution in [1.29, 1.82) is 0 Å². The van der Waals surface area contributed by atoms with Crippen LogP contribution in [0, 0.1) is 13.8 Å². The van der Waals surface area contributed by atoms with E-state index >= 15 is 0 Å². The SMILES string of the molecule is Cc1cc(S(N)(=O)=O)cc(NC2CCCCC2)c1C. The molecule has 0 saturated heterocycles. The van der Waals surface area contributed by atoms with Gasteiger partial charge in [-0.1, -0.05) is 19.3 Å². The van der Waals surface area contributed by atoms with Crippen LogP contribution in [0.25, 0.3) is 0 Å². The number of aryl methyl sites for hydroxylation is 1. The second kappa shape index (κ2) is 5.51. The minimum atomic E-state index is -3.65. The maximum atomic E-state index is 11.5. The van der Waals surface area contributed by atoms with Crippen LogP contribution in [0.2, 0.25) is 0 Å². The lowest BCUT2D eigenvalue weighted by Crippen LogP contribution is -2.23. The summed E-state index contributed by atoms with van der Waals surface area (Å²) in [6.07, 6.45) is 6.08. The number of nitrogens with one attached hydrogen (secondary N) is 1. The molecule has 0 bridgehead atoms. The molecule has 0 aromatic heterocycles. The molecule has 0 spiro atoms. The zero-order valence-corrected chi connectivity index (χ0v) is 12.4. The summed E-state index contributed by atoms with van der Waals surface area (Å²) in [5, 5.41) is 8.70. The molecule has 0 atom stereocenters. The highest BCUT2D eigenvalue weighted by atomic mass is 32.2. The van der Waals surface area contributed by atoms with Crippen molar-refractivity contribution in [2.75, 3.05) is 5.32 Å². The highest BCUT2D eigenvalue weighted by molar-refractivity contribution is 7.89. The zero-order valence-electron chi connectivity index (χ0n) is 11.6. The van der Waals surface area contributed by atoms with E-state index in [1.165, 1.54) is 19.3 Å². The Balaban J connectivity index is 2.30. The van der Waals surface area contributed by atoms with Crippen LogP contribution in [0.15, 0.2) is 17.0 Å². The van der Waals surface area contributed by atoms with Crippen LogP contribution in [0.4, 0.5) is 5.69 Å². The summed E-state index contributed by atoms with van der Waals surface area (Å²) < 4.78 is 23.0. The van der Waals surface area contributed by atoms with Crippen molar-refractivity contribution >= 4 is 15.7 Å². The molecule has 1 fully saturated rings. The van der Waals surface area contributed by atoms with Gasteiger partial charge in [-0.3, -0.25) is 0 Å². The van der Waals surface area contributed by atoms with Gasteiger partial charge in [0.05, 0.1) is 4.90 Å². The standard InChI is InChI=1S/C14H22N2O2S/c1-10-8-13(19(15,17)18)9-14(11(10)2)16-12-6-4-3-5-7-12/h8-9,12,16H,3-7H2,1-2H3,(H2,15,17,18). The molecule has 19 heavy (non-hydrogen) atoms. The van der Waals surface area contributed by atoms with Crippen LogP contribution in [-0.2, 0) is 10.0 Å². The summed E-state index contributed by atoms with van der Waals surface area (Å²) in [6, 6.07) is 3.74. The minimum absolute atomic E-state index is 0.189. The molecule has 0 heterocycles. The molecule has 4 nitrogen and oxygen atoms in total. The molecule has 0 radical (unpaired) electrons. The first-order valence-corrected chi connectivity index (χ1v) is 8.33. The Bertz CT molecular complexity index is 561. The number of hydrogen-bond donors (Lipinski definition) is 2. The molecule has 1 saturated carbocycles. The van der Waals surface area contributed by atoms with Gasteiger partial charge in [0.25, 0.3) is 0 Å². The summed E-state index contributed by atoms with van der Waals surface area (Å²) in [7, 11) is -3.65. The van der Waals surface area contributed by atoms with E-state index in [0.29, 0.717) is 6.04 Å². The summed E-state index contributed by atoms with van der Waals surface area (Å²) in [6.45, 7) is 3.92. The number of nitrogens with two attached hydrogens (primary N) is 1. The summed E-state index contributed by atoms with van der Waals surface area (Å²) in [5.41, 5.74) is 2.94. The summed E-state index contributed by atoms with van der Waals surface area (Å²) >= 11 is 0. The van der Waals surface area contributed by atoms with Crippen molar-refractivity contribution in [3.8, 4) is 0 Å². The average Bonchev–Trinajstić information content (AvgIpc) is 2.34. The molecular formula is C14H22N2O2S. The topological polar surface area (TPSA) is 72.2 Å². The first-order valence-electron chi connectivity index (χ1n) is 6.78. The molecule has 0 aliphatic heterocycles. The predicted molar refractivity (Wildman–Crippen MR) is 77.8 cm³/mol. The van der Waals surface area contributed by atoms with E-state index in [9.17, 15) is 8.42 Å². The highest BCUT2D eigenvalue weighted by Gasteiger charge is 2.17. The van der Waals surface area contributed by atoms with Crippen molar-refractivity contribution in [1.82, 2.24) is 0 Å². The minimum Gasteiger partial charge on any atom is -0.382 e. The van der Waals surface area contributed by atoms with Gasteiger partial charge < -0.3 is 5.32 Å². The third-order valence-corrected chi connectivity index (χ3v) is 4.83. The van der Waals surface area contributed by atoms with E-state index in [0.717, 1.165) is 29.7 Å². The van der Waals surface area contributed by atoms with Crippen molar-refractivity contribution in [2.45, 2.75) is 56.9 Å². The largest absolute Gasteiger partial charge is 0.382 e. The Morgan fingerprint density at radius 2 is 1.79 bits per heavy atom. The van der Waals surface area contributed by atoms with Gasteiger partial charge in [-0.15, -0.1) is 0 Å². The van der Waals surface area contributed by atoms with Crippen LogP contribution in [0.1, 0.15) is 43.2 Å². The van der Waals surface area contributed by atoms with E-state index in [-0.39, 0.29) is 4.90 Å². The molecule has 1 aromatic rings. The van der Waals surface area contributed by atoms with Gasteiger partial charge in [0.1, 0.15) is 0 Å². The van der Waals surface area contributed by atoms with E-state index < -0.39 is 10.0 Å². The molecule has 3 N–H and O–H groups in total. The average molecular weight is 282 g/mol. The predicted octanol–water partition coefficient (Wildman–Crippen LogP) is 2.70. The number of benzene rings is 1. The van der Waals surface area contributed by atoms with E-state index in [2.05, 4.69) is 5.32 Å². The molecule has 0 unspecified atom stereocenters. The molecule has 1 aromatic carbocycles. The Labute approximate surface area is 115 Å². The van der Waals surface area contributed by atoms with E-state index in [4.69, 9.17) is 5.14 Å². The number of anilines is 1. The lowest BCUT2D eigenvalue weighted by Gasteiger charge is -2.25. The first kappa shape index (κ1) is 14.3. The first-order chi connectivity index (χ1) is 8.88. The fraction of sp³-hybridized carbons (Fsp3) is 0.571. The maximum Gasteiger partial charge on any atom is 0.238 e. The monoisotopic (exact) mass is 282 g/mol. The molecule has 2 rings (SSSR count). The fourth-order valence-corrected chi connectivity index (χ4v) is 3.23. The van der Waals surface area contributed by atoms with Gasteiger partial charge in [-0.25, -0.2) is 13.6 Å². The van der Waals surface area contributed by atoms with Gasteiger partial charge >= 0.3 is 0 Å². The Hall–Kier alpha value is -1.07. The lowest BCUT2D eigenvalue weighted by atomic mass is 9.95. The van der Waals surface area contributed by atoms with Crippen molar-refractivity contribution in [3.63, 3.8) is 0 Å². The van der Waals surface area contributed by atoms with Crippen molar-refractivity contribution < 1.29 is 8.42 Å².